The first kappa shape index (κ1) is 33.0. The first-order valence-electron chi connectivity index (χ1n) is 14.6. The third-order valence-electron chi connectivity index (χ3n) is 7.08. The molecule has 0 saturated carbocycles. The summed E-state index contributed by atoms with van der Waals surface area (Å²) in [6.07, 6.45) is 2.12. The molecule has 0 unspecified atom stereocenters. The quantitative estimate of drug-likeness (QED) is 0.357. The summed E-state index contributed by atoms with van der Waals surface area (Å²) >= 11 is 3.53. The monoisotopic (exact) mass is 590 g/mol. The minimum Gasteiger partial charge on any atom is -0.486 e. The number of aromatic nitrogens is 2. The van der Waals surface area contributed by atoms with E-state index in [0.717, 1.165) is 28.6 Å². The minimum absolute atomic E-state index is 0.122. The van der Waals surface area contributed by atoms with Crippen molar-refractivity contribution >= 4 is 29.5 Å². The second-order valence-corrected chi connectivity index (χ2v) is 14.6. The molecular formula is C31H50N4O3S2. The van der Waals surface area contributed by atoms with E-state index in [-0.39, 0.29) is 27.1 Å². The summed E-state index contributed by atoms with van der Waals surface area (Å²) in [5, 5.41) is 0. The molecule has 3 aliphatic rings. The van der Waals surface area contributed by atoms with Gasteiger partial charge in [0.05, 0.1) is 48.8 Å². The van der Waals surface area contributed by atoms with Gasteiger partial charge in [0.15, 0.2) is 17.4 Å². The number of ether oxygens (including phenoxy) is 3. The van der Waals surface area contributed by atoms with Crippen LogP contribution in [0.3, 0.4) is 0 Å². The lowest BCUT2D eigenvalue weighted by molar-refractivity contribution is -0.0652. The molecule has 0 bridgehead atoms. The number of morpholine rings is 1. The highest BCUT2D eigenvalue weighted by Gasteiger charge is 2.42. The molecule has 1 aromatic carbocycles. The van der Waals surface area contributed by atoms with Gasteiger partial charge >= 0.3 is 0 Å². The van der Waals surface area contributed by atoms with Gasteiger partial charge in [-0.05, 0) is 53.4 Å². The van der Waals surface area contributed by atoms with Crippen molar-refractivity contribution in [1.29, 1.82) is 0 Å². The summed E-state index contributed by atoms with van der Waals surface area (Å²) in [6.45, 7) is 24.5. The van der Waals surface area contributed by atoms with Gasteiger partial charge < -0.3 is 19.1 Å². The average molecular weight is 591 g/mol. The average Bonchev–Trinajstić information content (AvgIpc) is 2.93. The number of anilines is 1. The lowest BCUT2D eigenvalue weighted by atomic mass is 9.88. The zero-order valence-electron chi connectivity index (χ0n) is 26.4. The van der Waals surface area contributed by atoms with Crippen molar-refractivity contribution < 1.29 is 14.2 Å². The molecular weight excluding hydrogens is 541 g/mol. The molecule has 224 valence electrons. The predicted octanol–water partition coefficient (Wildman–Crippen LogP) is 7.04. The molecule has 1 aromatic heterocycles. The van der Waals surface area contributed by atoms with Crippen LogP contribution in [0.1, 0.15) is 80.5 Å². The highest BCUT2D eigenvalue weighted by molar-refractivity contribution is 7.99. The first-order chi connectivity index (χ1) is 19.0. The zero-order chi connectivity index (χ0) is 29.7. The Morgan fingerprint density at radius 2 is 1.57 bits per heavy atom. The number of hydrogen-bond acceptors (Lipinski definition) is 9. The van der Waals surface area contributed by atoms with Gasteiger partial charge in [-0.3, -0.25) is 0 Å². The summed E-state index contributed by atoms with van der Waals surface area (Å²) in [7, 11) is 0. The minimum atomic E-state index is -0.217. The molecule has 1 N–H and O–H groups in total. The van der Waals surface area contributed by atoms with E-state index in [0.29, 0.717) is 33.0 Å². The predicted molar refractivity (Wildman–Crippen MR) is 172 cm³/mol. The summed E-state index contributed by atoms with van der Waals surface area (Å²) in [4.78, 5) is 12.6. The topological polar surface area (TPSA) is 68.7 Å². The van der Waals surface area contributed by atoms with Crippen molar-refractivity contribution in [1.82, 2.24) is 14.7 Å². The second kappa shape index (κ2) is 13.6. The van der Waals surface area contributed by atoms with Gasteiger partial charge in [-0.1, -0.05) is 63.9 Å². The highest BCUT2D eigenvalue weighted by atomic mass is 32.2. The van der Waals surface area contributed by atoms with E-state index in [4.69, 9.17) is 24.2 Å². The smallest absolute Gasteiger partial charge is 0.184 e. The van der Waals surface area contributed by atoms with Gasteiger partial charge in [-0.25, -0.2) is 14.7 Å². The maximum absolute atomic E-state index is 6.31. The Hall–Kier alpha value is -1.52. The number of nitrogens with zero attached hydrogens (tertiary/aromatic N) is 3. The number of hydrogen-bond donors (Lipinski definition) is 1. The molecule has 0 radical (unpaired) electrons. The summed E-state index contributed by atoms with van der Waals surface area (Å²) in [6, 6.07) is 9.05. The number of rotatable bonds is 6. The van der Waals surface area contributed by atoms with Crippen molar-refractivity contribution in [3.63, 3.8) is 0 Å². The maximum atomic E-state index is 6.31. The largest absolute Gasteiger partial charge is 0.486 e. The van der Waals surface area contributed by atoms with Crippen LogP contribution in [0.5, 0.6) is 5.75 Å². The molecule has 2 saturated heterocycles. The van der Waals surface area contributed by atoms with E-state index < -0.39 is 0 Å². The fraction of sp³-hybridized carbons (Fsp3) is 0.677. The van der Waals surface area contributed by atoms with Gasteiger partial charge in [-0.2, -0.15) is 11.8 Å². The number of thioether (sulfide) groups is 1. The second-order valence-electron chi connectivity index (χ2n) is 11.5. The lowest BCUT2D eigenvalue weighted by Gasteiger charge is -2.45. The zero-order valence-corrected chi connectivity index (χ0v) is 28.0. The lowest BCUT2D eigenvalue weighted by Crippen LogP contribution is -2.56. The number of fused-ring (bicyclic) bond motifs is 3. The Morgan fingerprint density at radius 3 is 2.12 bits per heavy atom. The van der Waals surface area contributed by atoms with E-state index in [9.17, 15) is 0 Å². The van der Waals surface area contributed by atoms with E-state index in [1.165, 1.54) is 5.56 Å². The van der Waals surface area contributed by atoms with Crippen LogP contribution in [0.25, 0.3) is 11.4 Å². The van der Waals surface area contributed by atoms with Crippen LogP contribution in [0.2, 0.25) is 0 Å². The fourth-order valence-electron chi connectivity index (χ4n) is 4.74. The van der Waals surface area contributed by atoms with E-state index >= 15 is 0 Å². The molecule has 40 heavy (non-hydrogen) atoms. The van der Waals surface area contributed by atoms with Gasteiger partial charge in [0.1, 0.15) is 12.3 Å². The maximum Gasteiger partial charge on any atom is 0.184 e. The number of benzene rings is 1. The van der Waals surface area contributed by atoms with Crippen LogP contribution in [0, 0.1) is 0 Å². The van der Waals surface area contributed by atoms with Crippen molar-refractivity contribution in [3.05, 3.63) is 35.5 Å². The SMILES string of the molecule is CC.CC.CSC(C)(C)c1nc(-c2ccc(C3(NSC(C)(C)C)COC3)cc2)nc2c1OC[C@@H]1COC[C@@H](C)N21. The Morgan fingerprint density at radius 1 is 0.925 bits per heavy atom. The van der Waals surface area contributed by atoms with Crippen molar-refractivity contribution in [2.24, 2.45) is 0 Å². The van der Waals surface area contributed by atoms with Crippen molar-refractivity contribution in [2.45, 2.75) is 96.4 Å². The van der Waals surface area contributed by atoms with Crippen LogP contribution in [-0.4, -0.2) is 66.1 Å². The molecule has 5 rings (SSSR count). The first-order valence-corrected chi connectivity index (χ1v) is 16.7. The third kappa shape index (κ3) is 6.92. The molecule has 0 spiro atoms. The molecule has 9 heteroatoms. The van der Waals surface area contributed by atoms with Gasteiger partial charge in [0.2, 0.25) is 0 Å². The standard InChI is InChI=1S/C27H38N4O3S2.2C2H6/c1-17-12-32-13-20-14-34-21-22(26(5,6)35-7)28-23(29-24(21)31(17)20)18-8-10-19(11-9-18)27(15-33-16-27)30-36-25(2,3)4;2*1-2/h8-11,17,20,30H,12-16H2,1-7H3;2*1-2H3/t17-,20+;;/m1../s1. The Kier molecular flexibility index (Phi) is 11.2. The van der Waals surface area contributed by atoms with Crippen molar-refractivity contribution in [2.75, 3.05) is 44.2 Å². The Balaban J connectivity index is 0.00000106. The van der Waals surface area contributed by atoms with E-state index in [2.05, 4.69) is 81.7 Å². The molecule has 2 aromatic rings. The van der Waals surface area contributed by atoms with Crippen LogP contribution in [0.4, 0.5) is 5.82 Å². The van der Waals surface area contributed by atoms with Crippen LogP contribution >= 0.6 is 23.7 Å². The summed E-state index contributed by atoms with van der Waals surface area (Å²) in [5.41, 5.74) is 3.01. The third-order valence-corrected chi connectivity index (χ3v) is 9.39. The van der Waals surface area contributed by atoms with Gasteiger partial charge in [0.25, 0.3) is 0 Å². The van der Waals surface area contributed by atoms with Gasteiger partial charge in [-0.15, -0.1) is 0 Å². The van der Waals surface area contributed by atoms with E-state index in [1.54, 1.807) is 23.7 Å². The molecule has 4 heterocycles. The van der Waals surface area contributed by atoms with Crippen LogP contribution in [-0.2, 0) is 19.8 Å². The fourth-order valence-corrected chi connectivity index (χ4v) is 5.81. The van der Waals surface area contributed by atoms with Gasteiger partial charge in [0, 0.05) is 10.3 Å². The van der Waals surface area contributed by atoms with Crippen LogP contribution in [0.15, 0.2) is 24.3 Å². The highest BCUT2D eigenvalue weighted by Crippen LogP contribution is 2.46. The Labute approximate surface area is 251 Å². The normalized spacial score (nSPS) is 21.3. The molecule has 2 fully saturated rings. The van der Waals surface area contributed by atoms with Crippen LogP contribution < -0.4 is 14.4 Å². The van der Waals surface area contributed by atoms with Crippen molar-refractivity contribution in [3.8, 4) is 17.1 Å². The van der Waals surface area contributed by atoms with E-state index in [1.807, 2.05) is 27.7 Å². The summed E-state index contributed by atoms with van der Waals surface area (Å²) < 4.78 is 21.3. The Bertz CT molecular complexity index is 1100. The molecule has 3 aliphatic heterocycles. The molecule has 2 atom stereocenters. The molecule has 7 nitrogen and oxygen atoms in total. The summed E-state index contributed by atoms with van der Waals surface area (Å²) in [5.74, 6) is 2.44. The molecule has 0 aliphatic carbocycles. The molecule has 0 amide bonds. The number of nitrogens with one attached hydrogen (secondary N) is 1.